The van der Waals surface area contributed by atoms with Crippen LogP contribution in [0.4, 0.5) is 0 Å². The van der Waals surface area contributed by atoms with Crippen molar-refractivity contribution >= 4 is 0 Å². The monoisotopic (exact) mass is 802 g/mol. The lowest BCUT2D eigenvalue weighted by Gasteiger charge is -2.34. The first-order valence-electron chi connectivity index (χ1n) is 21.1. The van der Waals surface area contributed by atoms with Gasteiger partial charge in [0.15, 0.2) is 17.5 Å². The maximum absolute atomic E-state index is 10.0. The van der Waals surface area contributed by atoms with Crippen LogP contribution < -0.4 is 0 Å². The molecule has 0 atom stereocenters. The molecule has 0 spiro atoms. The molecule has 1 aliphatic rings. The first-order valence-corrected chi connectivity index (χ1v) is 21.1. The van der Waals surface area contributed by atoms with Crippen LogP contribution in [0, 0.1) is 11.3 Å². The van der Waals surface area contributed by atoms with Crippen LogP contribution in [0.15, 0.2) is 231 Å². The van der Waals surface area contributed by atoms with E-state index in [9.17, 15) is 5.26 Å². The molecular formula is C59H38N4. The Balaban J connectivity index is 0.929. The van der Waals surface area contributed by atoms with E-state index < -0.39 is 5.41 Å². The van der Waals surface area contributed by atoms with Gasteiger partial charge in [-0.15, -0.1) is 0 Å². The van der Waals surface area contributed by atoms with Crippen molar-refractivity contribution in [3.05, 3.63) is 258 Å². The van der Waals surface area contributed by atoms with Crippen molar-refractivity contribution in [1.29, 1.82) is 5.26 Å². The fourth-order valence-electron chi connectivity index (χ4n) is 9.20. The number of nitrogens with zero attached hydrogens (tertiary/aromatic N) is 4. The van der Waals surface area contributed by atoms with Gasteiger partial charge in [-0.2, -0.15) is 5.26 Å². The third kappa shape index (κ3) is 6.70. The van der Waals surface area contributed by atoms with Crippen molar-refractivity contribution < 1.29 is 0 Å². The van der Waals surface area contributed by atoms with Gasteiger partial charge in [-0.3, -0.25) is 0 Å². The topological polar surface area (TPSA) is 62.5 Å². The van der Waals surface area contributed by atoms with Crippen LogP contribution in [0.5, 0.6) is 0 Å². The molecule has 0 bridgehead atoms. The normalized spacial score (nSPS) is 12.2. The molecule has 294 valence electrons. The fraction of sp³-hybridized carbons (Fsp3) is 0.0169. The van der Waals surface area contributed by atoms with Gasteiger partial charge in [0.2, 0.25) is 0 Å². The SMILES string of the molecule is N#Cc1ccc2c(c1)C(c1ccccc1)(c1ccccc1)c1cc(-c3ccc(-c4ccc(-c5nc(-c6ccccc6)nc(-c6ccc(-c7ccccc7)cc6)n5)cc4)cc3)ccc1-2. The zero-order valence-electron chi connectivity index (χ0n) is 34.2. The lowest BCUT2D eigenvalue weighted by molar-refractivity contribution is 0.768. The molecule has 0 amide bonds. The summed E-state index contributed by atoms with van der Waals surface area (Å²) in [7, 11) is 0. The number of hydrogen-bond acceptors (Lipinski definition) is 4. The quantitative estimate of drug-likeness (QED) is 0.153. The smallest absolute Gasteiger partial charge is 0.164 e. The standard InChI is InChI=1S/C59H38N4/c60-39-40-21-35-52-53-36-34-49(38-55(53)59(54(52)37-40,50-17-9-3-10-18-50)51-19-11-4-12-20-51)45-24-22-43(23-25-45)44-28-32-48(33-29-44)58-62-56(46-15-7-2-8-16-46)61-57(63-58)47-30-26-42(27-31-47)41-13-5-1-6-14-41/h1-38H. The number of aromatic nitrogens is 3. The summed E-state index contributed by atoms with van der Waals surface area (Å²) in [6, 6.07) is 82.9. The van der Waals surface area contributed by atoms with Crippen LogP contribution in [0.3, 0.4) is 0 Å². The molecule has 0 fully saturated rings. The molecule has 0 aliphatic heterocycles. The van der Waals surface area contributed by atoms with Gasteiger partial charge in [0.05, 0.1) is 17.0 Å². The lowest BCUT2D eigenvalue weighted by Crippen LogP contribution is -2.28. The molecule has 0 saturated carbocycles. The minimum atomic E-state index is -0.591. The van der Waals surface area contributed by atoms with Crippen LogP contribution in [0.1, 0.15) is 27.8 Å². The van der Waals surface area contributed by atoms with E-state index in [2.05, 4.69) is 194 Å². The number of nitriles is 1. The lowest BCUT2D eigenvalue weighted by atomic mass is 9.67. The Morgan fingerprint density at radius 1 is 0.302 bits per heavy atom. The molecule has 4 heteroatoms. The molecule has 9 aromatic carbocycles. The van der Waals surface area contributed by atoms with Crippen molar-refractivity contribution in [3.8, 4) is 84.7 Å². The Hall–Kier alpha value is -8.52. The van der Waals surface area contributed by atoms with Gasteiger partial charge in [-0.25, -0.2) is 15.0 Å². The van der Waals surface area contributed by atoms with Gasteiger partial charge in [0, 0.05) is 16.7 Å². The second-order valence-corrected chi connectivity index (χ2v) is 15.9. The van der Waals surface area contributed by atoms with Crippen molar-refractivity contribution in [2.24, 2.45) is 0 Å². The van der Waals surface area contributed by atoms with Crippen LogP contribution in [0.2, 0.25) is 0 Å². The van der Waals surface area contributed by atoms with Gasteiger partial charge < -0.3 is 0 Å². The third-order valence-corrected chi connectivity index (χ3v) is 12.3. The first kappa shape index (κ1) is 37.5. The summed E-state index contributed by atoms with van der Waals surface area (Å²) < 4.78 is 0. The molecule has 1 heterocycles. The molecule has 0 N–H and O–H groups in total. The molecule has 1 aliphatic carbocycles. The van der Waals surface area contributed by atoms with Crippen molar-refractivity contribution in [3.63, 3.8) is 0 Å². The van der Waals surface area contributed by atoms with Crippen molar-refractivity contribution in [2.75, 3.05) is 0 Å². The van der Waals surface area contributed by atoms with E-state index in [0.29, 0.717) is 23.0 Å². The zero-order chi connectivity index (χ0) is 42.2. The van der Waals surface area contributed by atoms with E-state index in [-0.39, 0.29) is 0 Å². The highest BCUT2D eigenvalue weighted by Crippen LogP contribution is 2.57. The van der Waals surface area contributed by atoms with Crippen molar-refractivity contribution in [1.82, 2.24) is 15.0 Å². The Morgan fingerprint density at radius 3 is 1.06 bits per heavy atom. The molecule has 0 radical (unpaired) electrons. The number of fused-ring (bicyclic) bond motifs is 3. The maximum atomic E-state index is 10.0. The first-order chi connectivity index (χ1) is 31.2. The Bertz CT molecular complexity index is 3250. The highest BCUT2D eigenvalue weighted by molar-refractivity contribution is 5.89. The van der Waals surface area contributed by atoms with Crippen molar-refractivity contribution in [2.45, 2.75) is 5.41 Å². The molecule has 0 saturated heterocycles. The minimum Gasteiger partial charge on any atom is -0.208 e. The zero-order valence-corrected chi connectivity index (χ0v) is 34.2. The van der Waals surface area contributed by atoms with Gasteiger partial charge in [-0.1, -0.05) is 212 Å². The number of hydrogen-bond donors (Lipinski definition) is 0. The number of rotatable bonds is 8. The molecule has 63 heavy (non-hydrogen) atoms. The minimum absolute atomic E-state index is 0.591. The van der Waals surface area contributed by atoms with Crippen LogP contribution in [0.25, 0.3) is 78.7 Å². The summed E-state index contributed by atoms with van der Waals surface area (Å²) >= 11 is 0. The molecule has 11 rings (SSSR count). The van der Waals surface area contributed by atoms with E-state index in [1.165, 1.54) is 27.8 Å². The summed E-state index contributed by atoms with van der Waals surface area (Å²) in [6.07, 6.45) is 0. The second kappa shape index (κ2) is 15.8. The highest BCUT2D eigenvalue weighted by Gasteiger charge is 2.46. The molecule has 10 aromatic rings. The molecular weight excluding hydrogens is 765 g/mol. The van der Waals surface area contributed by atoms with E-state index in [4.69, 9.17) is 15.0 Å². The summed E-state index contributed by atoms with van der Waals surface area (Å²) in [6.45, 7) is 0. The van der Waals surface area contributed by atoms with Gasteiger partial charge in [0.25, 0.3) is 0 Å². The Labute approximate surface area is 367 Å². The Morgan fingerprint density at radius 2 is 0.619 bits per heavy atom. The second-order valence-electron chi connectivity index (χ2n) is 15.9. The van der Waals surface area contributed by atoms with E-state index in [1.54, 1.807) is 0 Å². The predicted octanol–water partition coefficient (Wildman–Crippen LogP) is 14.1. The third-order valence-electron chi connectivity index (χ3n) is 12.3. The average Bonchev–Trinajstić information content (AvgIpc) is 3.67. The van der Waals surface area contributed by atoms with E-state index >= 15 is 0 Å². The van der Waals surface area contributed by atoms with E-state index in [1.807, 2.05) is 42.5 Å². The summed E-state index contributed by atoms with van der Waals surface area (Å²) in [5.41, 5.74) is 16.7. The Kier molecular flexibility index (Phi) is 9.41. The summed E-state index contributed by atoms with van der Waals surface area (Å²) in [5.74, 6) is 1.89. The van der Waals surface area contributed by atoms with Gasteiger partial charge in [0.1, 0.15) is 0 Å². The summed E-state index contributed by atoms with van der Waals surface area (Å²) in [5, 5.41) is 10.0. The van der Waals surface area contributed by atoms with Crippen LogP contribution >= 0.6 is 0 Å². The van der Waals surface area contributed by atoms with E-state index in [0.717, 1.165) is 55.6 Å². The average molecular weight is 803 g/mol. The molecule has 4 nitrogen and oxygen atoms in total. The van der Waals surface area contributed by atoms with Gasteiger partial charge in [-0.05, 0) is 85.0 Å². The maximum Gasteiger partial charge on any atom is 0.164 e. The summed E-state index contributed by atoms with van der Waals surface area (Å²) in [4.78, 5) is 14.9. The highest BCUT2D eigenvalue weighted by atomic mass is 15.0. The predicted molar refractivity (Wildman–Crippen MR) is 254 cm³/mol. The number of benzene rings is 9. The van der Waals surface area contributed by atoms with Gasteiger partial charge >= 0.3 is 0 Å². The largest absolute Gasteiger partial charge is 0.208 e. The van der Waals surface area contributed by atoms with Crippen LogP contribution in [-0.4, -0.2) is 15.0 Å². The molecule has 0 unspecified atom stereocenters. The molecule has 1 aromatic heterocycles. The van der Waals surface area contributed by atoms with Crippen LogP contribution in [-0.2, 0) is 5.41 Å². The fourth-order valence-corrected chi connectivity index (χ4v) is 9.20.